The van der Waals surface area contributed by atoms with Gasteiger partial charge in [-0.15, -0.1) is 20.4 Å². The van der Waals surface area contributed by atoms with Gasteiger partial charge in [0, 0.05) is 153 Å². The highest BCUT2D eigenvalue weighted by Crippen LogP contribution is 2.47. The molecule has 4 aromatic rings. The number of carbonyl (C=O) groups excluding carboxylic acids is 2. The van der Waals surface area contributed by atoms with E-state index in [1.54, 1.807) is 24.0 Å². The van der Waals surface area contributed by atoms with Crippen LogP contribution in [0.25, 0.3) is 0 Å². The molecule has 0 bridgehead atoms. The lowest BCUT2D eigenvalue weighted by Crippen LogP contribution is -2.62. The molecule has 4 aliphatic rings. The molecule has 96 heavy (non-hydrogen) atoms. The van der Waals surface area contributed by atoms with Gasteiger partial charge in [0.05, 0.1) is 24.3 Å². The Morgan fingerprint density at radius 1 is 0.583 bits per heavy atom. The third-order valence-electron chi connectivity index (χ3n) is 18.7. The number of aromatic nitrogens is 6. The first-order valence-electron chi connectivity index (χ1n) is 33.9. The number of anilines is 2. The van der Waals surface area contributed by atoms with Crippen molar-refractivity contribution < 1.29 is 57.1 Å². The first-order valence-corrected chi connectivity index (χ1v) is 33.9. The largest absolute Gasteiger partial charge is 0.478 e. The maximum Gasteiger partial charge on any atom is 0.328 e. The predicted molar refractivity (Wildman–Crippen MR) is 366 cm³/mol. The zero-order valence-electron chi connectivity index (χ0n) is 59.7. The Hall–Kier alpha value is -7.10. The van der Waals surface area contributed by atoms with Crippen LogP contribution in [0.3, 0.4) is 0 Å². The van der Waals surface area contributed by atoms with Gasteiger partial charge in [0.15, 0.2) is 11.6 Å². The molecule has 2 aromatic carbocycles. The number of aliphatic carboxylic acids is 2. The molecule has 0 saturated carbocycles. The van der Waals surface area contributed by atoms with Crippen LogP contribution in [0.15, 0.2) is 61.2 Å². The minimum Gasteiger partial charge on any atom is -0.478 e. The van der Waals surface area contributed by atoms with Crippen LogP contribution < -0.4 is 19.3 Å². The van der Waals surface area contributed by atoms with Crippen LogP contribution in [-0.2, 0) is 19.1 Å². The molecule has 0 unspecified atom stereocenters. The molecule has 26 heteroatoms. The molecule has 2 spiro atoms. The summed E-state index contributed by atoms with van der Waals surface area (Å²) in [5.74, 6) is 0.384. The van der Waals surface area contributed by atoms with Crippen molar-refractivity contribution in [2.45, 2.75) is 133 Å². The van der Waals surface area contributed by atoms with Crippen molar-refractivity contribution in [1.29, 1.82) is 0 Å². The lowest BCUT2D eigenvalue weighted by atomic mass is 9.76. The normalized spacial score (nSPS) is 17.2. The Labute approximate surface area is 567 Å². The molecule has 4 aliphatic heterocycles. The molecule has 4 atom stereocenters. The van der Waals surface area contributed by atoms with Crippen LogP contribution in [0, 0.1) is 46.1 Å². The maximum atomic E-state index is 14.3. The predicted octanol–water partition coefficient (Wildman–Crippen LogP) is 9.34. The summed E-state index contributed by atoms with van der Waals surface area (Å²) in [4.78, 5) is 72.8. The number of carbonyl (C=O) groups is 4. The number of ether oxygens (including phenoxy) is 4. The summed E-state index contributed by atoms with van der Waals surface area (Å²) in [6.45, 7) is 39.8. The molecule has 532 valence electrons. The van der Waals surface area contributed by atoms with Gasteiger partial charge in [0.25, 0.3) is 23.6 Å². The Balaban J connectivity index is 0.000000272. The zero-order valence-corrected chi connectivity index (χ0v) is 59.7. The first-order chi connectivity index (χ1) is 45.6. The van der Waals surface area contributed by atoms with E-state index >= 15 is 0 Å². The van der Waals surface area contributed by atoms with E-state index in [4.69, 9.17) is 29.2 Å². The second-order valence-corrected chi connectivity index (χ2v) is 28.0. The van der Waals surface area contributed by atoms with Crippen molar-refractivity contribution in [1.82, 2.24) is 59.8 Å². The van der Waals surface area contributed by atoms with Crippen LogP contribution >= 0.6 is 0 Å². The number of likely N-dealkylation sites (N-methyl/N-ethyl adjacent to an activating group) is 2. The van der Waals surface area contributed by atoms with E-state index in [1.165, 1.54) is 61.9 Å². The second-order valence-electron chi connectivity index (χ2n) is 28.0. The van der Waals surface area contributed by atoms with Crippen LogP contribution in [0.5, 0.6) is 23.3 Å². The Morgan fingerprint density at radius 2 is 0.948 bits per heavy atom. The summed E-state index contributed by atoms with van der Waals surface area (Å²) in [6.07, 6.45) is 8.44. The quantitative estimate of drug-likeness (QED) is 0.0432. The molecule has 4 saturated heterocycles. The number of hydrogen-bond donors (Lipinski definition) is 2. The van der Waals surface area contributed by atoms with Gasteiger partial charge >= 0.3 is 11.9 Å². The van der Waals surface area contributed by atoms with Crippen molar-refractivity contribution in [2.75, 3.05) is 143 Å². The number of halogens is 2. The monoisotopic (exact) mass is 1340 g/mol. The summed E-state index contributed by atoms with van der Waals surface area (Å²) >= 11 is 0. The van der Waals surface area contributed by atoms with Gasteiger partial charge in [-0.1, -0.05) is 41.5 Å². The lowest BCUT2D eigenvalue weighted by Gasteiger charge is -2.53. The van der Waals surface area contributed by atoms with Crippen molar-refractivity contribution in [3.63, 3.8) is 0 Å². The van der Waals surface area contributed by atoms with E-state index in [2.05, 4.69) is 115 Å². The van der Waals surface area contributed by atoms with Gasteiger partial charge in [0.2, 0.25) is 0 Å². The van der Waals surface area contributed by atoms with Crippen LogP contribution in [0.2, 0.25) is 0 Å². The fraction of sp³-hybridized carbons (Fsp3) is 0.657. The average molecular weight is 1340 g/mol. The third kappa shape index (κ3) is 21.7. The Morgan fingerprint density at radius 3 is 1.26 bits per heavy atom. The van der Waals surface area contributed by atoms with Gasteiger partial charge in [-0.05, 0) is 141 Å². The highest BCUT2D eigenvalue weighted by molar-refractivity contribution is 5.98. The molecule has 2 aromatic heterocycles. The smallest absolute Gasteiger partial charge is 0.328 e. The number of amides is 2. The van der Waals surface area contributed by atoms with Crippen LogP contribution in [-0.4, -0.2) is 251 Å². The number of nitrogens with zero attached hydrogens (tertiary/aromatic N) is 14. The highest BCUT2D eigenvalue weighted by Gasteiger charge is 2.52. The zero-order chi connectivity index (χ0) is 70.6. The van der Waals surface area contributed by atoms with Crippen molar-refractivity contribution in [2.24, 2.45) is 34.5 Å². The van der Waals surface area contributed by atoms with E-state index in [-0.39, 0.29) is 69.1 Å². The lowest BCUT2D eigenvalue weighted by molar-refractivity contribution is -0.134. The van der Waals surface area contributed by atoms with E-state index in [0.29, 0.717) is 72.6 Å². The number of methoxy groups -OCH3 is 2. The fourth-order valence-electron chi connectivity index (χ4n) is 14.0. The SMILES string of the molecule is CCN(C(=O)c1cc(F)ccc1Oc1nncnc1N1CCC2(C1)CN([C@H](C[C@@H](C)CN(C)CCOC)C(C)C)C2)C(C)C.CCN(C(=O)c1cc(F)ccc1Oc1nncnc1N1CCC2(C1)CN([C@H](C[C@@H](C)CN(C)CCOC)C(C)C)C2)C(C)C.O=C(O)/C=C/C(=O)O. The molecule has 4 fully saturated rings. The minimum atomic E-state index is -1.26. The second kappa shape index (κ2) is 36.5. The van der Waals surface area contributed by atoms with Gasteiger partial charge in [0.1, 0.15) is 35.8 Å². The molecule has 2 amide bonds. The van der Waals surface area contributed by atoms with Crippen molar-refractivity contribution >= 4 is 35.4 Å². The summed E-state index contributed by atoms with van der Waals surface area (Å²) in [5.41, 5.74) is 0.708. The Bertz CT molecular complexity index is 2960. The van der Waals surface area contributed by atoms with Gasteiger partial charge < -0.3 is 58.6 Å². The molecule has 24 nitrogen and oxygen atoms in total. The minimum absolute atomic E-state index is 0.0408. The molecule has 8 rings (SSSR count). The third-order valence-corrected chi connectivity index (χ3v) is 18.7. The summed E-state index contributed by atoms with van der Waals surface area (Å²) in [7, 11) is 7.85. The standard InChI is InChI=1S/2C33H52FN7O3.C4H4O4/c2*1-9-41(24(4)5)32(42)27-17-26(34)10-11-29(27)44-31-30(35-22-36-37-31)39-13-12-33(19-39)20-40(21-33)28(23(2)3)16-25(6)18-38(7)14-15-43-8;5-3(6)1-2-4(7)8/h2*10-11,17,22-25,28H,9,12-16,18-21H2,1-8H3;1-2H,(H,5,6)(H,7,8)/b;;2-1+/t2*25-,28-;/m11./s1. The molecule has 6 heterocycles. The number of carboxylic acid groups (broad SMARTS) is 2. The van der Waals surface area contributed by atoms with Crippen molar-refractivity contribution in [3.05, 3.63) is 84.0 Å². The number of benzene rings is 2. The van der Waals surface area contributed by atoms with Crippen molar-refractivity contribution in [3.8, 4) is 23.3 Å². The highest BCUT2D eigenvalue weighted by atomic mass is 19.1. The topological polar surface area (TPSA) is 249 Å². The average Bonchev–Trinajstić information content (AvgIpc) is 1.57. The summed E-state index contributed by atoms with van der Waals surface area (Å²) < 4.78 is 51.5. The summed E-state index contributed by atoms with van der Waals surface area (Å²) in [6, 6.07) is 9.00. The molecular weight excluding hydrogens is 1230 g/mol. The number of carboxylic acids is 2. The first kappa shape index (κ1) is 77.9. The van der Waals surface area contributed by atoms with E-state index in [1.807, 2.05) is 41.5 Å². The molecule has 0 aliphatic carbocycles. The summed E-state index contributed by atoms with van der Waals surface area (Å²) in [5, 5.41) is 32.1. The van der Waals surface area contributed by atoms with Gasteiger partial charge in [-0.3, -0.25) is 19.4 Å². The molecule has 0 radical (unpaired) electrons. The molecular formula is C70H108F2N14O10. The van der Waals surface area contributed by atoms with E-state index < -0.39 is 23.6 Å². The fourth-order valence-corrected chi connectivity index (χ4v) is 14.0. The van der Waals surface area contributed by atoms with Crippen LogP contribution in [0.1, 0.15) is 129 Å². The van der Waals surface area contributed by atoms with E-state index in [9.17, 15) is 28.0 Å². The van der Waals surface area contributed by atoms with Gasteiger partial charge in [-0.25, -0.2) is 28.3 Å². The van der Waals surface area contributed by atoms with E-state index in [0.717, 1.165) is 105 Å². The maximum absolute atomic E-state index is 14.3. The Kier molecular flexibility index (Phi) is 29.6. The molecule has 2 N–H and O–H groups in total. The van der Waals surface area contributed by atoms with Crippen LogP contribution in [0.4, 0.5) is 20.4 Å². The number of hydrogen-bond acceptors (Lipinski definition) is 20. The number of likely N-dealkylation sites (tertiary alicyclic amines) is 2. The number of rotatable bonds is 32. The van der Waals surface area contributed by atoms with Gasteiger partial charge in [-0.2, -0.15) is 0 Å².